The molecule has 0 aliphatic rings. The van der Waals surface area contributed by atoms with Crippen molar-refractivity contribution in [1.29, 1.82) is 0 Å². The minimum Gasteiger partial charge on any atom is -0.393 e. The summed E-state index contributed by atoms with van der Waals surface area (Å²) in [6.45, 7) is 3.31. The minimum atomic E-state index is -0.266. The molecule has 0 radical (unpaired) electrons. The second kappa shape index (κ2) is 6.14. The van der Waals surface area contributed by atoms with E-state index in [9.17, 15) is 5.11 Å². The number of hydrogen-bond acceptors (Lipinski definition) is 3. The highest BCUT2D eigenvalue weighted by molar-refractivity contribution is 6.35. The number of halogens is 1. The maximum atomic E-state index is 9.19. The molecule has 1 aromatic carbocycles. The molecule has 1 atom stereocenters. The van der Waals surface area contributed by atoms with Gasteiger partial charge in [0.2, 0.25) is 0 Å². The third-order valence-electron chi connectivity index (χ3n) is 2.85. The van der Waals surface area contributed by atoms with Crippen LogP contribution in [0.25, 0.3) is 10.9 Å². The molecule has 1 unspecified atom stereocenters. The van der Waals surface area contributed by atoms with Crippen molar-refractivity contribution < 1.29 is 5.11 Å². The molecule has 0 amide bonds. The van der Waals surface area contributed by atoms with Crippen molar-refractivity contribution in [1.82, 2.24) is 10.3 Å². The Labute approximate surface area is 112 Å². The molecule has 1 heterocycles. The summed E-state index contributed by atoms with van der Waals surface area (Å²) in [4.78, 5) is 4.38. The van der Waals surface area contributed by atoms with Gasteiger partial charge in [-0.15, -0.1) is 0 Å². The zero-order valence-corrected chi connectivity index (χ0v) is 11.1. The van der Waals surface area contributed by atoms with Gasteiger partial charge in [-0.05, 0) is 43.7 Å². The van der Waals surface area contributed by atoms with Gasteiger partial charge in [0, 0.05) is 23.2 Å². The smallest absolute Gasteiger partial charge is 0.0761 e. The molecule has 2 N–H and O–H groups in total. The standard InChI is InChI=1S/C14H17ClN2O/c1-10(18)6-8-16-9-11-4-5-13(15)12-3-2-7-17-14(11)12/h2-5,7,10,16,18H,6,8-9H2,1H3. The molecule has 0 aliphatic heterocycles. The van der Waals surface area contributed by atoms with E-state index in [1.54, 1.807) is 13.1 Å². The molecule has 2 rings (SSSR count). The second-order valence-corrected chi connectivity index (χ2v) is 4.83. The van der Waals surface area contributed by atoms with Crippen molar-refractivity contribution in [3.8, 4) is 0 Å². The largest absolute Gasteiger partial charge is 0.393 e. The Morgan fingerprint density at radius 1 is 1.39 bits per heavy atom. The molecule has 4 heteroatoms. The fourth-order valence-corrected chi connectivity index (χ4v) is 2.09. The lowest BCUT2D eigenvalue weighted by molar-refractivity contribution is 0.183. The first-order valence-corrected chi connectivity index (χ1v) is 6.47. The maximum absolute atomic E-state index is 9.19. The van der Waals surface area contributed by atoms with Gasteiger partial charge in [0.15, 0.2) is 0 Å². The number of aliphatic hydroxyl groups is 1. The lowest BCUT2D eigenvalue weighted by atomic mass is 10.1. The van der Waals surface area contributed by atoms with Crippen LogP contribution in [0, 0.1) is 0 Å². The average Bonchev–Trinajstić information content (AvgIpc) is 2.37. The van der Waals surface area contributed by atoms with E-state index in [-0.39, 0.29) is 6.10 Å². The molecule has 96 valence electrons. The minimum absolute atomic E-state index is 0.266. The summed E-state index contributed by atoms with van der Waals surface area (Å²) < 4.78 is 0. The highest BCUT2D eigenvalue weighted by Gasteiger charge is 2.05. The molecule has 1 aromatic heterocycles. The first kappa shape index (κ1) is 13.3. The summed E-state index contributed by atoms with van der Waals surface area (Å²) in [5.41, 5.74) is 2.06. The van der Waals surface area contributed by atoms with Crippen LogP contribution in [-0.2, 0) is 6.54 Å². The van der Waals surface area contributed by atoms with E-state index < -0.39 is 0 Å². The summed E-state index contributed by atoms with van der Waals surface area (Å²) in [5, 5.41) is 14.2. The number of pyridine rings is 1. The predicted molar refractivity (Wildman–Crippen MR) is 74.8 cm³/mol. The molecular formula is C14H17ClN2O. The lowest BCUT2D eigenvalue weighted by Gasteiger charge is -2.09. The van der Waals surface area contributed by atoms with Crippen LogP contribution in [0.3, 0.4) is 0 Å². The number of hydrogen-bond donors (Lipinski definition) is 2. The average molecular weight is 265 g/mol. The summed E-state index contributed by atoms with van der Waals surface area (Å²) in [6.07, 6.45) is 2.26. The monoisotopic (exact) mass is 264 g/mol. The summed E-state index contributed by atoms with van der Waals surface area (Å²) in [7, 11) is 0. The topological polar surface area (TPSA) is 45.1 Å². The van der Waals surface area contributed by atoms with Gasteiger partial charge >= 0.3 is 0 Å². The Morgan fingerprint density at radius 2 is 2.22 bits per heavy atom. The Balaban J connectivity index is 2.11. The number of nitrogens with one attached hydrogen (secondary N) is 1. The van der Waals surface area contributed by atoms with Gasteiger partial charge in [-0.2, -0.15) is 0 Å². The van der Waals surface area contributed by atoms with Crippen LogP contribution in [0.5, 0.6) is 0 Å². The first-order valence-electron chi connectivity index (χ1n) is 6.09. The molecule has 2 aromatic rings. The number of fused-ring (bicyclic) bond motifs is 1. The predicted octanol–water partition coefficient (Wildman–Crippen LogP) is 2.75. The zero-order valence-electron chi connectivity index (χ0n) is 10.4. The number of benzene rings is 1. The fourth-order valence-electron chi connectivity index (χ4n) is 1.87. The van der Waals surface area contributed by atoms with Gasteiger partial charge in [0.05, 0.1) is 11.6 Å². The Morgan fingerprint density at radius 3 is 3.00 bits per heavy atom. The van der Waals surface area contributed by atoms with Crippen LogP contribution < -0.4 is 5.32 Å². The van der Waals surface area contributed by atoms with Crippen LogP contribution in [-0.4, -0.2) is 22.7 Å². The second-order valence-electron chi connectivity index (χ2n) is 4.42. The lowest BCUT2D eigenvalue weighted by Crippen LogP contribution is -2.18. The molecule has 0 bridgehead atoms. The van der Waals surface area contributed by atoms with E-state index >= 15 is 0 Å². The van der Waals surface area contributed by atoms with E-state index in [0.717, 1.165) is 41.0 Å². The van der Waals surface area contributed by atoms with Gasteiger partial charge in [0.1, 0.15) is 0 Å². The first-order chi connectivity index (χ1) is 8.68. The third kappa shape index (κ3) is 3.19. The fraction of sp³-hybridized carbons (Fsp3) is 0.357. The molecule has 0 fully saturated rings. The molecule has 18 heavy (non-hydrogen) atoms. The van der Waals surface area contributed by atoms with Crippen molar-refractivity contribution in [3.63, 3.8) is 0 Å². The Kier molecular flexibility index (Phi) is 4.53. The van der Waals surface area contributed by atoms with Crippen molar-refractivity contribution in [2.45, 2.75) is 26.0 Å². The maximum Gasteiger partial charge on any atom is 0.0761 e. The van der Waals surface area contributed by atoms with Crippen LogP contribution in [0.4, 0.5) is 0 Å². The van der Waals surface area contributed by atoms with Crippen LogP contribution in [0.2, 0.25) is 5.02 Å². The van der Waals surface area contributed by atoms with E-state index in [4.69, 9.17) is 11.6 Å². The normalized spacial score (nSPS) is 12.8. The van der Waals surface area contributed by atoms with Crippen LogP contribution in [0.15, 0.2) is 30.5 Å². The van der Waals surface area contributed by atoms with Gasteiger partial charge < -0.3 is 10.4 Å². The summed E-state index contributed by atoms with van der Waals surface area (Å²) in [6, 6.07) is 7.76. The van der Waals surface area contributed by atoms with E-state index in [1.807, 2.05) is 24.3 Å². The SMILES string of the molecule is CC(O)CCNCc1ccc(Cl)c2cccnc12. The number of aromatic nitrogens is 1. The van der Waals surface area contributed by atoms with Gasteiger partial charge in [0.25, 0.3) is 0 Å². The molecule has 0 aliphatic carbocycles. The summed E-state index contributed by atoms with van der Waals surface area (Å²) >= 11 is 6.14. The van der Waals surface area contributed by atoms with Crippen molar-refractivity contribution in [2.75, 3.05) is 6.54 Å². The Hall–Kier alpha value is -1.16. The highest BCUT2D eigenvalue weighted by Crippen LogP contribution is 2.24. The van der Waals surface area contributed by atoms with Crippen molar-refractivity contribution in [2.24, 2.45) is 0 Å². The van der Waals surface area contributed by atoms with Gasteiger partial charge in [-0.1, -0.05) is 17.7 Å². The van der Waals surface area contributed by atoms with Crippen molar-refractivity contribution in [3.05, 3.63) is 41.0 Å². The molecule has 3 nitrogen and oxygen atoms in total. The Bertz CT molecular complexity index is 528. The number of aliphatic hydroxyl groups excluding tert-OH is 1. The molecule has 0 saturated carbocycles. The number of nitrogens with zero attached hydrogens (tertiary/aromatic N) is 1. The van der Waals surface area contributed by atoms with Crippen LogP contribution >= 0.6 is 11.6 Å². The third-order valence-corrected chi connectivity index (χ3v) is 3.18. The van der Waals surface area contributed by atoms with Gasteiger partial charge in [-0.3, -0.25) is 4.98 Å². The van der Waals surface area contributed by atoms with Crippen molar-refractivity contribution >= 4 is 22.5 Å². The van der Waals surface area contributed by atoms with E-state index in [2.05, 4.69) is 10.3 Å². The quantitative estimate of drug-likeness (QED) is 0.817. The zero-order chi connectivity index (χ0) is 13.0. The highest BCUT2D eigenvalue weighted by atomic mass is 35.5. The molecule has 0 spiro atoms. The molecule has 0 saturated heterocycles. The van der Waals surface area contributed by atoms with E-state index in [0.29, 0.717) is 0 Å². The molecular weight excluding hydrogens is 248 g/mol. The van der Waals surface area contributed by atoms with E-state index in [1.165, 1.54) is 0 Å². The van der Waals surface area contributed by atoms with Crippen LogP contribution in [0.1, 0.15) is 18.9 Å². The van der Waals surface area contributed by atoms with Gasteiger partial charge in [-0.25, -0.2) is 0 Å². The summed E-state index contributed by atoms with van der Waals surface area (Å²) in [5.74, 6) is 0. The number of rotatable bonds is 5.